The fraction of sp³-hybridized carbons (Fsp3) is 1.00. The molecule has 2 unspecified atom stereocenters. The third-order valence-electron chi connectivity index (χ3n) is 3.50. The van der Waals surface area contributed by atoms with Gasteiger partial charge in [0.05, 0.1) is 6.10 Å². The van der Waals surface area contributed by atoms with Gasteiger partial charge in [-0.1, -0.05) is 40.0 Å². The molecular weight excluding hydrogens is 188 g/mol. The summed E-state index contributed by atoms with van der Waals surface area (Å²) >= 11 is 0. The van der Waals surface area contributed by atoms with Crippen molar-refractivity contribution in [2.45, 2.75) is 58.6 Å². The molecule has 2 atom stereocenters. The Bertz CT molecular complexity index is 185. The third kappa shape index (κ3) is 3.44. The summed E-state index contributed by atoms with van der Waals surface area (Å²) in [6.45, 7) is 6.60. The van der Waals surface area contributed by atoms with Crippen LogP contribution in [0.15, 0.2) is 0 Å². The summed E-state index contributed by atoms with van der Waals surface area (Å²) in [5.41, 5.74) is 3.07. The molecule has 0 spiro atoms. The average Bonchev–Trinajstić information content (AvgIpc) is 2.06. The van der Waals surface area contributed by atoms with Crippen molar-refractivity contribution < 1.29 is 4.74 Å². The van der Waals surface area contributed by atoms with Crippen molar-refractivity contribution in [1.29, 1.82) is 0 Å². The smallest absolute Gasteiger partial charge is 0.0785 e. The van der Waals surface area contributed by atoms with Gasteiger partial charge in [0.1, 0.15) is 0 Å². The topological polar surface area (TPSA) is 47.3 Å². The number of ether oxygens (including phenoxy) is 1. The highest BCUT2D eigenvalue weighted by Crippen LogP contribution is 2.34. The van der Waals surface area contributed by atoms with Crippen molar-refractivity contribution >= 4 is 0 Å². The zero-order valence-corrected chi connectivity index (χ0v) is 10.5. The van der Waals surface area contributed by atoms with E-state index < -0.39 is 0 Å². The summed E-state index contributed by atoms with van der Waals surface area (Å²) in [4.78, 5) is 0. The lowest BCUT2D eigenvalue weighted by molar-refractivity contribution is -0.0199. The molecule has 90 valence electrons. The van der Waals surface area contributed by atoms with Gasteiger partial charge in [0, 0.05) is 13.2 Å². The number of nitrogens with one attached hydrogen (secondary N) is 1. The Kier molecular flexibility index (Phi) is 4.56. The molecule has 1 fully saturated rings. The normalized spacial score (nSPS) is 22.2. The summed E-state index contributed by atoms with van der Waals surface area (Å²) in [5, 5.41) is 0. The highest BCUT2D eigenvalue weighted by Gasteiger charge is 2.34. The summed E-state index contributed by atoms with van der Waals surface area (Å²) in [5.74, 6) is 6.50. The number of nitrogens with two attached hydrogens (primary N) is 1. The molecule has 3 N–H and O–H groups in total. The summed E-state index contributed by atoms with van der Waals surface area (Å²) < 4.78 is 5.59. The average molecular weight is 214 g/mol. The van der Waals surface area contributed by atoms with Crippen LogP contribution in [0.25, 0.3) is 0 Å². The van der Waals surface area contributed by atoms with E-state index in [1.54, 1.807) is 7.11 Å². The Hall–Kier alpha value is -0.120. The van der Waals surface area contributed by atoms with Gasteiger partial charge in [0.15, 0.2) is 0 Å². The first-order valence-electron chi connectivity index (χ1n) is 5.98. The second-order valence-electron chi connectivity index (χ2n) is 5.83. The molecule has 15 heavy (non-hydrogen) atoms. The lowest BCUT2D eigenvalue weighted by Gasteiger charge is -2.38. The summed E-state index contributed by atoms with van der Waals surface area (Å²) in [6.07, 6.45) is 5.43. The van der Waals surface area contributed by atoms with Crippen molar-refractivity contribution in [1.82, 2.24) is 5.43 Å². The van der Waals surface area contributed by atoms with Gasteiger partial charge in [-0.25, -0.2) is 0 Å². The van der Waals surface area contributed by atoms with Gasteiger partial charge in [-0.05, 0) is 17.8 Å². The number of methoxy groups -OCH3 is 1. The number of hydrogen-bond acceptors (Lipinski definition) is 3. The minimum atomic E-state index is 0.134. The molecule has 0 aliphatic heterocycles. The van der Waals surface area contributed by atoms with Crippen LogP contribution >= 0.6 is 0 Å². The van der Waals surface area contributed by atoms with Crippen LogP contribution < -0.4 is 11.3 Å². The van der Waals surface area contributed by atoms with Gasteiger partial charge < -0.3 is 4.74 Å². The van der Waals surface area contributed by atoms with Gasteiger partial charge in [0.2, 0.25) is 0 Å². The van der Waals surface area contributed by atoms with Gasteiger partial charge in [-0.3, -0.25) is 11.3 Å². The molecule has 0 aromatic rings. The zero-order chi connectivity index (χ0) is 11.5. The fourth-order valence-corrected chi connectivity index (χ4v) is 2.49. The van der Waals surface area contributed by atoms with Gasteiger partial charge >= 0.3 is 0 Å². The van der Waals surface area contributed by atoms with Gasteiger partial charge in [0.25, 0.3) is 0 Å². The quantitative estimate of drug-likeness (QED) is 0.544. The van der Waals surface area contributed by atoms with Crippen LogP contribution in [0.2, 0.25) is 0 Å². The third-order valence-corrected chi connectivity index (χ3v) is 3.50. The molecule has 1 aliphatic rings. The summed E-state index contributed by atoms with van der Waals surface area (Å²) in [6, 6.07) is 0.278. The van der Waals surface area contributed by atoms with Crippen molar-refractivity contribution in [2.24, 2.45) is 17.2 Å². The van der Waals surface area contributed by atoms with Crippen molar-refractivity contribution in [3.63, 3.8) is 0 Å². The van der Waals surface area contributed by atoms with Crippen molar-refractivity contribution in [2.75, 3.05) is 7.11 Å². The van der Waals surface area contributed by atoms with E-state index in [1.807, 2.05) is 0 Å². The molecule has 3 heteroatoms. The highest BCUT2D eigenvalue weighted by molar-refractivity contribution is 4.88. The van der Waals surface area contributed by atoms with Gasteiger partial charge in [-0.15, -0.1) is 0 Å². The maximum Gasteiger partial charge on any atom is 0.0785 e. The molecule has 0 bridgehead atoms. The number of rotatable bonds is 5. The van der Waals surface area contributed by atoms with Crippen LogP contribution in [0.4, 0.5) is 0 Å². The van der Waals surface area contributed by atoms with E-state index in [0.717, 1.165) is 12.3 Å². The van der Waals surface area contributed by atoms with Crippen LogP contribution in [-0.2, 0) is 4.74 Å². The van der Waals surface area contributed by atoms with Crippen LogP contribution in [0.5, 0.6) is 0 Å². The Morgan fingerprint density at radius 1 is 1.40 bits per heavy atom. The summed E-state index contributed by atoms with van der Waals surface area (Å²) in [7, 11) is 1.78. The molecule has 1 saturated carbocycles. The molecule has 0 aromatic carbocycles. The predicted octanol–water partition coefficient (Wildman–Crippen LogP) is 2.07. The van der Waals surface area contributed by atoms with Gasteiger partial charge in [-0.2, -0.15) is 0 Å². The molecule has 0 radical (unpaired) electrons. The van der Waals surface area contributed by atoms with E-state index in [1.165, 1.54) is 19.3 Å². The second-order valence-corrected chi connectivity index (χ2v) is 5.83. The maximum absolute atomic E-state index is 5.64. The standard InChI is InChI=1S/C12H26N2O/c1-12(2,3)11(15-4)10(14-13)8-9-6-5-7-9/h9-11,14H,5-8,13H2,1-4H3. The van der Waals surface area contributed by atoms with Crippen LogP contribution in [0, 0.1) is 11.3 Å². The second kappa shape index (κ2) is 5.28. The molecule has 0 heterocycles. The molecule has 1 rings (SSSR count). The monoisotopic (exact) mass is 214 g/mol. The molecule has 0 amide bonds. The minimum absolute atomic E-state index is 0.134. The Labute approximate surface area is 93.7 Å². The zero-order valence-electron chi connectivity index (χ0n) is 10.5. The fourth-order valence-electron chi connectivity index (χ4n) is 2.49. The first-order valence-corrected chi connectivity index (χ1v) is 5.98. The molecule has 3 nitrogen and oxygen atoms in total. The minimum Gasteiger partial charge on any atom is -0.379 e. The molecule has 1 aliphatic carbocycles. The molecular formula is C12H26N2O. The Balaban J connectivity index is 2.52. The number of hydrogen-bond donors (Lipinski definition) is 2. The van der Waals surface area contributed by atoms with E-state index >= 15 is 0 Å². The van der Waals surface area contributed by atoms with E-state index in [4.69, 9.17) is 10.6 Å². The van der Waals surface area contributed by atoms with E-state index in [9.17, 15) is 0 Å². The van der Waals surface area contributed by atoms with E-state index in [0.29, 0.717) is 0 Å². The SMILES string of the molecule is COC(C(CC1CCC1)NN)C(C)(C)C. The van der Waals surface area contributed by atoms with E-state index in [2.05, 4.69) is 26.2 Å². The van der Waals surface area contributed by atoms with Crippen molar-refractivity contribution in [3.05, 3.63) is 0 Å². The number of hydrazine groups is 1. The lowest BCUT2D eigenvalue weighted by atomic mass is 9.76. The molecule has 0 aromatic heterocycles. The van der Waals surface area contributed by atoms with E-state index in [-0.39, 0.29) is 17.6 Å². The molecule has 0 saturated heterocycles. The first kappa shape index (κ1) is 12.9. The first-order chi connectivity index (χ1) is 6.99. The maximum atomic E-state index is 5.64. The van der Waals surface area contributed by atoms with Crippen LogP contribution in [0.1, 0.15) is 46.5 Å². The largest absolute Gasteiger partial charge is 0.379 e. The van der Waals surface area contributed by atoms with Crippen molar-refractivity contribution in [3.8, 4) is 0 Å². The lowest BCUT2D eigenvalue weighted by Crippen LogP contribution is -2.51. The predicted molar refractivity (Wildman–Crippen MR) is 63.3 cm³/mol. The Morgan fingerprint density at radius 3 is 2.27 bits per heavy atom. The van der Waals surface area contributed by atoms with Crippen LogP contribution in [0.3, 0.4) is 0 Å². The highest BCUT2D eigenvalue weighted by atomic mass is 16.5. The van der Waals surface area contributed by atoms with Crippen LogP contribution in [-0.4, -0.2) is 19.3 Å². The Morgan fingerprint density at radius 2 is 2.00 bits per heavy atom.